The topological polar surface area (TPSA) is 33.4 Å². The number of rotatable bonds is 3. The lowest BCUT2D eigenvalue weighted by molar-refractivity contribution is 0.0841. The van der Waals surface area contributed by atoms with E-state index in [1.54, 1.807) is 28.7 Å². The van der Waals surface area contributed by atoms with Crippen LogP contribution < -0.4 is 0 Å². The molecule has 1 aromatic heterocycles. The van der Waals surface area contributed by atoms with Crippen LogP contribution in [-0.4, -0.2) is 43.9 Å². The van der Waals surface area contributed by atoms with Gasteiger partial charge in [-0.3, -0.25) is 19.5 Å². The first-order valence-corrected chi connectivity index (χ1v) is 7.83. The minimum Gasteiger partial charge on any atom is -0.288 e. The third kappa shape index (κ3) is 2.67. The van der Waals surface area contributed by atoms with Crippen LogP contribution >= 0.6 is 24.4 Å². The summed E-state index contributed by atoms with van der Waals surface area (Å²) < 4.78 is 3.94. The van der Waals surface area contributed by atoms with Crippen LogP contribution in [0.15, 0.2) is 23.5 Å². The largest absolute Gasteiger partial charge is 0.288 e. The smallest absolute Gasteiger partial charge is 0.251 e. The third-order valence-corrected chi connectivity index (χ3v) is 4.92. The maximum absolute atomic E-state index is 12.6. The van der Waals surface area contributed by atoms with Gasteiger partial charge >= 0.3 is 0 Å². The summed E-state index contributed by atoms with van der Waals surface area (Å²) in [6.07, 6.45) is 5.18. The summed E-state index contributed by atoms with van der Waals surface area (Å²) in [6, 6.07) is 1.77. The van der Waals surface area contributed by atoms with Gasteiger partial charge in [-0.1, -0.05) is 24.4 Å². The van der Waals surface area contributed by atoms with Crippen molar-refractivity contribution in [3.05, 3.63) is 28.2 Å². The average Bonchev–Trinajstić information content (AvgIpc) is 3.17. The molecule has 0 spiro atoms. The number of carbonyl (C=O) groups excluding carboxylic acids is 1. The summed E-state index contributed by atoms with van der Waals surface area (Å²) in [5, 5.41) is 4.15. The van der Waals surface area contributed by atoms with E-state index in [-0.39, 0.29) is 5.91 Å². The fourth-order valence-electron chi connectivity index (χ4n) is 2.64. The van der Waals surface area contributed by atoms with E-state index in [4.69, 9.17) is 24.4 Å². The monoisotopic (exact) mass is 322 g/mol. The van der Waals surface area contributed by atoms with Gasteiger partial charge in [0.25, 0.3) is 5.91 Å². The van der Waals surface area contributed by atoms with E-state index in [2.05, 4.69) is 5.01 Å². The van der Waals surface area contributed by atoms with Crippen LogP contribution in [0.4, 0.5) is 0 Å². The Kier molecular flexibility index (Phi) is 3.71. The second-order valence-corrected chi connectivity index (χ2v) is 6.32. The predicted octanol–water partition coefficient (Wildman–Crippen LogP) is 2.51. The first kappa shape index (κ1) is 14.5. The van der Waals surface area contributed by atoms with Gasteiger partial charge in [0.2, 0.25) is 0 Å². The molecule has 1 aliphatic carbocycles. The highest BCUT2D eigenvalue weighted by atomic mass is 32.1. The van der Waals surface area contributed by atoms with E-state index in [9.17, 15) is 4.79 Å². The molecule has 0 radical (unpaired) electrons. The van der Waals surface area contributed by atoms with Crippen LogP contribution in [-0.2, 0) is 7.05 Å². The maximum atomic E-state index is 12.6. The molecule has 21 heavy (non-hydrogen) atoms. The van der Waals surface area contributed by atoms with Crippen molar-refractivity contribution in [2.75, 3.05) is 13.6 Å². The highest BCUT2D eigenvalue weighted by Crippen LogP contribution is 2.36. The molecule has 0 N–H and O–H groups in total. The molecule has 2 fully saturated rings. The number of hydrogen-bond donors (Lipinski definition) is 0. The van der Waals surface area contributed by atoms with Gasteiger partial charge < -0.3 is 0 Å². The van der Waals surface area contributed by atoms with Gasteiger partial charge in [-0.25, -0.2) is 4.68 Å². The summed E-state index contributed by atoms with van der Waals surface area (Å²) >= 11 is 10.5. The van der Waals surface area contributed by atoms with E-state index in [0.29, 0.717) is 11.1 Å². The highest BCUT2D eigenvalue weighted by molar-refractivity contribution is 7.80. The number of carbonyl (C=O) groups is 1. The van der Waals surface area contributed by atoms with Gasteiger partial charge in [0.1, 0.15) is 4.64 Å². The quantitative estimate of drug-likeness (QED) is 0.799. The van der Waals surface area contributed by atoms with Gasteiger partial charge in [-0.2, -0.15) is 0 Å². The number of thiocarbonyl (C=S) groups is 1. The maximum Gasteiger partial charge on any atom is 0.251 e. The Hall–Kier alpha value is -1.47. The molecule has 1 aliphatic heterocycles. The van der Waals surface area contributed by atoms with Crippen molar-refractivity contribution in [2.24, 2.45) is 7.05 Å². The number of hydrogen-bond acceptors (Lipinski definition) is 4. The fourth-order valence-corrected chi connectivity index (χ4v) is 2.98. The minimum absolute atomic E-state index is 0.0363. The molecule has 0 amide bonds. The Morgan fingerprint density at radius 3 is 2.43 bits per heavy atom. The Bertz CT molecular complexity index is 694. The molecule has 3 rings (SSSR count). The lowest BCUT2D eigenvalue weighted by Gasteiger charge is -2.30. The van der Waals surface area contributed by atoms with Crippen LogP contribution in [0.1, 0.15) is 30.5 Å². The third-order valence-electron chi connectivity index (χ3n) is 4.05. The first-order chi connectivity index (χ1) is 9.99. The van der Waals surface area contributed by atoms with E-state index in [1.807, 2.05) is 12.1 Å². The van der Waals surface area contributed by atoms with Crippen molar-refractivity contribution >= 4 is 35.3 Å². The van der Waals surface area contributed by atoms with Crippen LogP contribution in [0.5, 0.6) is 0 Å². The zero-order valence-corrected chi connectivity index (χ0v) is 13.8. The highest BCUT2D eigenvalue weighted by Gasteiger charge is 2.31. The number of aromatic nitrogens is 2. The van der Waals surface area contributed by atoms with Crippen LogP contribution in [0, 0.1) is 4.64 Å². The van der Waals surface area contributed by atoms with Gasteiger partial charge in [0, 0.05) is 39.0 Å². The molecule has 112 valence electrons. The SMILES string of the molecule is CN1C(=S)CCN1C(CC(=O)n1ccc(=S)n1C)=C1CC1. The molecule has 1 aromatic rings. The van der Waals surface area contributed by atoms with Gasteiger partial charge in [0.05, 0.1) is 11.4 Å². The van der Waals surface area contributed by atoms with E-state index in [1.165, 1.54) is 5.57 Å². The van der Waals surface area contributed by atoms with Crippen molar-refractivity contribution in [2.45, 2.75) is 25.7 Å². The Morgan fingerprint density at radius 2 is 1.95 bits per heavy atom. The summed E-state index contributed by atoms with van der Waals surface area (Å²) in [5.41, 5.74) is 2.48. The molecular formula is C14H18N4OS2. The predicted molar refractivity (Wildman–Crippen MR) is 87.4 cm³/mol. The fraction of sp³-hybridized carbons (Fsp3) is 0.500. The molecule has 7 heteroatoms. The number of allylic oxidation sites excluding steroid dienone is 2. The van der Waals surface area contributed by atoms with Crippen LogP contribution in [0.2, 0.25) is 0 Å². The summed E-state index contributed by atoms with van der Waals surface area (Å²) in [4.78, 5) is 13.5. The lowest BCUT2D eigenvalue weighted by atomic mass is 10.2. The Balaban J connectivity index is 1.83. The van der Waals surface area contributed by atoms with Gasteiger partial charge in [0.15, 0.2) is 0 Å². The van der Waals surface area contributed by atoms with E-state index >= 15 is 0 Å². The zero-order valence-electron chi connectivity index (χ0n) is 12.2. The lowest BCUT2D eigenvalue weighted by Crippen LogP contribution is -2.35. The molecule has 1 saturated heterocycles. The van der Waals surface area contributed by atoms with Crippen molar-refractivity contribution in [1.29, 1.82) is 0 Å². The molecule has 5 nitrogen and oxygen atoms in total. The molecule has 0 aromatic carbocycles. The minimum atomic E-state index is 0.0363. The Morgan fingerprint density at radius 1 is 1.24 bits per heavy atom. The molecule has 1 saturated carbocycles. The van der Waals surface area contributed by atoms with Crippen molar-refractivity contribution < 1.29 is 4.79 Å². The first-order valence-electron chi connectivity index (χ1n) is 7.02. The van der Waals surface area contributed by atoms with Crippen LogP contribution in [0.25, 0.3) is 0 Å². The summed E-state index contributed by atoms with van der Waals surface area (Å²) in [5.74, 6) is 0.0363. The molecule has 2 aliphatic rings. The molecule has 0 atom stereocenters. The van der Waals surface area contributed by atoms with Crippen molar-refractivity contribution in [3.8, 4) is 0 Å². The molecule has 0 bridgehead atoms. The molecule has 0 unspecified atom stereocenters. The van der Waals surface area contributed by atoms with E-state index in [0.717, 1.165) is 36.5 Å². The second kappa shape index (κ2) is 5.38. The Labute approximate surface area is 134 Å². The zero-order chi connectivity index (χ0) is 15.1. The summed E-state index contributed by atoms with van der Waals surface area (Å²) in [7, 11) is 3.78. The number of nitrogens with zero attached hydrogens (tertiary/aromatic N) is 4. The second-order valence-electron chi connectivity index (χ2n) is 5.43. The average molecular weight is 322 g/mol. The van der Waals surface area contributed by atoms with Gasteiger partial charge in [-0.05, 0) is 24.5 Å². The van der Waals surface area contributed by atoms with E-state index < -0.39 is 0 Å². The van der Waals surface area contributed by atoms with Crippen LogP contribution in [0.3, 0.4) is 0 Å². The molecular weight excluding hydrogens is 304 g/mol. The normalized spacial score (nSPS) is 17.6. The van der Waals surface area contributed by atoms with Crippen molar-refractivity contribution in [3.63, 3.8) is 0 Å². The van der Waals surface area contributed by atoms with Gasteiger partial charge in [-0.15, -0.1) is 0 Å². The standard InChI is InChI=1S/C14H18N4OS2/c1-15-13(20)5-7-17(15)11(10-3-4-10)9-12(19)18-8-6-14(21)16(18)2/h6,8H,3-5,7,9H2,1-2H3. The summed E-state index contributed by atoms with van der Waals surface area (Å²) in [6.45, 7) is 0.867. The van der Waals surface area contributed by atoms with Crippen molar-refractivity contribution in [1.82, 2.24) is 19.4 Å². The number of hydrazine groups is 1. The molecule has 2 heterocycles.